The highest BCUT2D eigenvalue weighted by Crippen LogP contribution is 2.17. The first-order chi connectivity index (χ1) is 8.79. The summed E-state index contributed by atoms with van der Waals surface area (Å²) >= 11 is 0. The second-order valence-corrected chi connectivity index (χ2v) is 5.84. The molecule has 19 heavy (non-hydrogen) atoms. The number of hydrogen-bond acceptors (Lipinski definition) is 6. The summed E-state index contributed by atoms with van der Waals surface area (Å²) in [7, 11) is -3.41. The van der Waals surface area contributed by atoms with Gasteiger partial charge in [-0.15, -0.1) is 0 Å². The summed E-state index contributed by atoms with van der Waals surface area (Å²) in [6, 6.07) is 1.18. The van der Waals surface area contributed by atoms with E-state index in [0.29, 0.717) is 0 Å². The monoisotopic (exact) mass is 282 g/mol. The van der Waals surface area contributed by atoms with E-state index in [0.717, 1.165) is 17.1 Å². The molecule has 0 fully saturated rings. The van der Waals surface area contributed by atoms with Crippen molar-refractivity contribution in [3.05, 3.63) is 30.2 Å². The van der Waals surface area contributed by atoms with Crippen molar-refractivity contribution in [2.45, 2.75) is 4.90 Å². The third-order valence-corrected chi connectivity index (χ3v) is 3.44. The second kappa shape index (κ2) is 4.35. The van der Waals surface area contributed by atoms with Crippen LogP contribution in [0.15, 0.2) is 29.6 Å². The maximum Gasteiger partial charge on any atom is 0.338 e. The minimum Gasteiger partial charge on any atom is -0.478 e. The van der Waals surface area contributed by atoms with E-state index in [1.54, 1.807) is 0 Å². The van der Waals surface area contributed by atoms with E-state index >= 15 is 0 Å². The van der Waals surface area contributed by atoms with E-state index in [1.807, 2.05) is 0 Å². The molecule has 3 N–H and O–H groups in total. The fourth-order valence-electron chi connectivity index (χ4n) is 1.45. The van der Waals surface area contributed by atoms with E-state index in [9.17, 15) is 13.2 Å². The lowest BCUT2D eigenvalue weighted by Gasteiger charge is -2.05. The Morgan fingerprint density at radius 3 is 2.63 bits per heavy atom. The number of aromatic nitrogens is 3. The van der Waals surface area contributed by atoms with E-state index < -0.39 is 15.8 Å². The molecule has 0 aliphatic carbocycles. The second-order valence-electron chi connectivity index (χ2n) is 3.82. The lowest BCUT2D eigenvalue weighted by atomic mass is 10.2. The Hall–Kier alpha value is -2.42. The summed E-state index contributed by atoms with van der Waals surface area (Å²) in [5.41, 5.74) is 5.44. The van der Waals surface area contributed by atoms with Gasteiger partial charge in [-0.1, -0.05) is 0 Å². The minimum absolute atomic E-state index is 0.0133. The van der Waals surface area contributed by atoms with Crippen molar-refractivity contribution < 1.29 is 18.3 Å². The predicted molar refractivity (Wildman–Crippen MR) is 65.8 cm³/mol. The van der Waals surface area contributed by atoms with Crippen molar-refractivity contribution in [2.75, 3.05) is 12.0 Å². The molecule has 0 amide bonds. The maximum absolute atomic E-state index is 11.3. The first-order valence-electron chi connectivity index (χ1n) is 5.03. The number of nitrogens with two attached hydrogens (primary N) is 1. The molecule has 2 aromatic rings. The zero-order valence-electron chi connectivity index (χ0n) is 9.81. The smallest absolute Gasteiger partial charge is 0.338 e. The topological polar surface area (TPSA) is 128 Å². The summed E-state index contributed by atoms with van der Waals surface area (Å²) in [5, 5.41) is 12.9. The van der Waals surface area contributed by atoms with Gasteiger partial charge in [-0.25, -0.2) is 22.9 Å². The molecular weight excluding hydrogens is 272 g/mol. The van der Waals surface area contributed by atoms with Crippen molar-refractivity contribution in [3.8, 4) is 5.69 Å². The zero-order valence-corrected chi connectivity index (χ0v) is 10.6. The number of nitrogen functional groups attached to an aromatic ring is 1. The van der Waals surface area contributed by atoms with Crippen molar-refractivity contribution in [1.29, 1.82) is 0 Å². The molecular formula is C10H10N4O4S. The average Bonchev–Trinajstić information content (AvgIpc) is 2.77. The number of aromatic carboxylic acids is 1. The number of hydrogen-bond donors (Lipinski definition) is 2. The largest absolute Gasteiger partial charge is 0.478 e. The number of sulfone groups is 1. The molecule has 0 bridgehead atoms. The van der Waals surface area contributed by atoms with Gasteiger partial charge in [0.15, 0.2) is 9.84 Å². The van der Waals surface area contributed by atoms with E-state index in [2.05, 4.69) is 10.1 Å². The summed E-state index contributed by atoms with van der Waals surface area (Å²) in [6.45, 7) is 0. The highest BCUT2D eigenvalue weighted by molar-refractivity contribution is 7.90. The zero-order chi connectivity index (χ0) is 14.2. The summed E-state index contributed by atoms with van der Waals surface area (Å²) < 4.78 is 23.8. The van der Waals surface area contributed by atoms with Gasteiger partial charge in [-0.2, -0.15) is 5.10 Å². The molecule has 0 radical (unpaired) electrons. The molecule has 0 aromatic carbocycles. The molecule has 0 aliphatic rings. The molecule has 2 heterocycles. The van der Waals surface area contributed by atoms with Crippen LogP contribution in [0.5, 0.6) is 0 Å². The fraction of sp³-hybridized carbons (Fsp3) is 0.100. The van der Waals surface area contributed by atoms with Gasteiger partial charge in [0, 0.05) is 12.5 Å². The van der Waals surface area contributed by atoms with Crippen LogP contribution in [0.1, 0.15) is 10.4 Å². The summed E-state index contributed by atoms with van der Waals surface area (Å²) in [5.74, 6) is -1.16. The van der Waals surface area contributed by atoms with Gasteiger partial charge in [0.1, 0.15) is 10.7 Å². The Morgan fingerprint density at radius 1 is 1.42 bits per heavy atom. The van der Waals surface area contributed by atoms with Gasteiger partial charge in [0.25, 0.3) is 0 Å². The molecule has 8 nitrogen and oxygen atoms in total. The van der Waals surface area contributed by atoms with Crippen LogP contribution in [0.2, 0.25) is 0 Å². The van der Waals surface area contributed by atoms with Gasteiger partial charge < -0.3 is 10.8 Å². The van der Waals surface area contributed by atoms with Crippen LogP contribution < -0.4 is 5.73 Å². The van der Waals surface area contributed by atoms with Crippen molar-refractivity contribution >= 4 is 21.6 Å². The van der Waals surface area contributed by atoms with Crippen LogP contribution >= 0.6 is 0 Å². The quantitative estimate of drug-likeness (QED) is 0.807. The van der Waals surface area contributed by atoms with E-state index in [-0.39, 0.29) is 22.0 Å². The average molecular weight is 282 g/mol. The number of rotatable bonds is 3. The molecule has 0 aliphatic heterocycles. The Labute approximate surface area is 108 Å². The van der Waals surface area contributed by atoms with Crippen LogP contribution in [-0.4, -0.2) is 40.5 Å². The maximum atomic E-state index is 11.3. The van der Waals surface area contributed by atoms with Crippen LogP contribution in [-0.2, 0) is 9.84 Å². The SMILES string of the molecule is CS(=O)(=O)c1cnn(-c2cnc(N)cc2C(=O)O)c1. The van der Waals surface area contributed by atoms with Crippen molar-refractivity contribution in [3.63, 3.8) is 0 Å². The van der Waals surface area contributed by atoms with E-state index in [1.165, 1.54) is 18.5 Å². The number of carboxylic acids is 1. The standard InChI is InChI=1S/C10H10N4O4S/c1-19(17,18)6-3-13-14(5-6)8-4-12-9(11)2-7(8)10(15)16/h2-5H,1H3,(H2,11,12)(H,15,16). The number of nitrogens with zero attached hydrogens (tertiary/aromatic N) is 3. The predicted octanol–water partition coefficient (Wildman–Crippen LogP) is -0.0488. The van der Waals surface area contributed by atoms with E-state index in [4.69, 9.17) is 10.8 Å². The molecule has 0 spiro atoms. The molecule has 0 saturated carbocycles. The normalized spacial score (nSPS) is 11.4. The molecule has 2 rings (SSSR count). The lowest BCUT2D eigenvalue weighted by molar-refractivity contribution is 0.0696. The first-order valence-corrected chi connectivity index (χ1v) is 6.92. The summed E-state index contributed by atoms with van der Waals surface area (Å²) in [6.07, 6.45) is 4.61. The van der Waals surface area contributed by atoms with Gasteiger partial charge in [0.05, 0.1) is 23.6 Å². The van der Waals surface area contributed by atoms with Gasteiger partial charge in [0.2, 0.25) is 0 Å². The minimum atomic E-state index is -3.41. The highest BCUT2D eigenvalue weighted by atomic mass is 32.2. The number of carbonyl (C=O) groups is 1. The molecule has 9 heteroatoms. The van der Waals surface area contributed by atoms with Crippen molar-refractivity contribution in [1.82, 2.24) is 14.8 Å². The van der Waals surface area contributed by atoms with Crippen LogP contribution in [0, 0.1) is 0 Å². The van der Waals surface area contributed by atoms with Crippen molar-refractivity contribution in [2.24, 2.45) is 0 Å². The Bertz CT molecular complexity index is 751. The number of pyridine rings is 1. The van der Waals surface area contributed by atoms with Gasteiger partial charge in [-0.3, -0.25) is 0 Å². The van der Waals surface area contributed by atoms with Crippen LogP contribution in [0.4, 0.5) is 5.82 Å². The highest BCUT2D eigenvalue weighted by Gasteiger charge is 2.16. The molecule has 100 valence electrons. The van der Waals surface area contributed by atoms with Gasteiger partial charge >= 0.3 is 5.97 Å². The molecule has 0 unspecified atom stereocenters. The first kappa shape index (κ1) is 13.0. The lowest BCUT2D eigenvalue weighted by Crippen LogP contribution is -2.08. The van der Waals surface area contributed by atoms with Crippen LogP contribution in [0.25, 0.3) is 5.69 Å². The summed E-state index contributed by atoms with van der Waals surface area (Å²) in [4.78, 5) is 14.9. The third kappa shape index (κ3) is 2.55. The molecule has 0 saturated heterocycles. The van der Waals surface area contributed by atoms with Crippen LogP contribution in [0.3, 0.4) is 0 Å². The Morgan fingerprint density at radius 2 is 2.11 bits per heavy atom. The number of anilines is 1. The fourth-order valence-corrected chi connectivity index (χ4v) is 1.98. The molecule has 0 atom stereocenters. The number of carboxylic acid groups (broad SMARTS) is 1. The molecule has 2 aromatic heterocycles. The Balaban J connectivity index is 2.60. The Kier molecular flexibility index (Phi) is 2.98. The van der Waals surface area contributed by atoms with Gasteiger partial charge in [-0.05, 0) is 6.07 Å². The third-order valence-electron chi connectivity index (χ3n) is 2.37.